The van der Waals surface area contributed by atoms with Gasteiger partial charge in [0.1, 0.15) is 12.4 Å². The second kappa shape index (κ2) is 7.52. The Hall–Kier alpha value is -2.24. The van der Waals surface area contributed by atoms with Crippen LogP contribution in [0.4, 0.5) is 0 Å². The Morgan fingerprint density at radius 3 is 2.67 bits per heavy atom. The molecule has 0 saturated carbocycles. The van der Waals surface area contributed by atoms with Gasteiger partial charge >= 0.3 is 0 Å². The number of hydrogen-bond donors (Lipinski definition) is 1. The van der Waals surface area contributed by atoms with Crippen LogP contribution in [0.15, 0.2) is 42.5 Å². The summed E-state index contributed by atoms with van der Waals surface area (Å²) < 4.78 is 5.82. The minimum Gasteiger partial charge on any atom is -0.489 e. The Morgan fingerprint density at radius 1 is 1.10 bits per heavy atom. The van der Waals surface area contributed by atoms with Gasteiger partial charge in [-0.05, 0) is 43.2 Å². The molecule has 0 bridgehead atoms. The zero-order valence-corrected chi connectivity index (χ0v) is 12.5. The summed E-state index contributed by atoms with van der Waals surface area (Å²) in [4.78, 5) is 0. The highest BCUT2D eigenvalue weighted by atomic mass is 16.5. The van der Waals surface area contributed by atoms with Gasteiger partial charge in [0.25, 0.3) is 0 Å². The maximum absolute atomic E-state index is 8.73. The normalized spacial score (nSPS) is 9.86. The summed E-state index contributed by atoms with van der Waals surface area (Å²) in [5, 5.41) is 8.73. The van der Waals surface area contributed by atoms with E-state index in [9.17, 15) is 0 Å². The standard InChI is InChI=1S/C19H20O2/c1-15-6-5-7-17(12-15)14-21-19-10-9-18(16(2)13-19)8-3-4-11-20/h5-7,9-10,12-13,20H,4,11,14H2,1-2H3. The monoisotopic (exact) mass is 280 g/mol. The maximum atomic E-state index is 8.73. The van der Waals surface area contributed by atoms with Crippen LogP contribution in [0, 0.1) is 25.7 Å². The molecule has 108 valence electrons. The van der Waals surface area contributed by atoms with E-state index in [1.54, 1.807) is 0 Å². The van der Waals surface area contributed by atoms with Crippen molar-refractivity contribution in [2.45, 2.75) is 26.9 Å². The minimum atomic E-state index is 0.101. The van der Waals surface area contributed by atoms with E-state index in [2.05, 4.69) is 37.0 Å². The number of hydrogen-bond acceptors (Lipinski definition) is 2. The van der Waals surface area contributed by atoms with Crippen LogP contribution in [-0.4, -0.2) is 11.7 Å². The molecule has 2 heteroatoms. The van der Waals surface area contributed by atoms with Crippen LogP contribution in [0.3, 0.4) is 0 Å². The molecule has 0 spiro atoms. The highest BCUT2D eigenvalue weighted by Crippen LogP contribution is 2.18. The summed E-state index contributed by atoms with van der Waals surface area (Å²) in [7, 11) is 0. The second-order valence-corrected chi connectivity index (χ2v) is 5.03. The van der Waals surface area contributed by atoms with E-state index >= 15 is 0 Å². The van der Waals surface area contributed by atoms with E-state index in [-0.39, 0.29) is 6.61 Å². The first-order valence-corrected chi connectivity index (χ1v) is 7.08. The molecule has 2 nitrogen and oxygen atoms in total. The van der Waals surface area contributed by atoms with Gasteiger partial charge in [-0.2, -0.15) is 0 Å². The quantitative estimate of drug-likeness (QED) is 0.867. The lowest BCUT2D eigenvalue weighted by atomic mass is 10.1. The lowest BCUT2D eigenvalue weighted by molar-refractivity contribution is 0.305. The van der Waals surface area contributed by atoms with Crippen molar-refractivity contribution in [1.82, 2.24) is 0 Å². The highest BCUT2D eigenvalue weighted by molar-refractivity contribution is 5.44. The molecule has 2 aromatic rings. The average molecular weight is 280 g/mol. The lowest BCUT2D eigenvalue weighted by Gasteiger charge is -2.08. The van der Waals surface area contributed by atoms with E-state index in [1.165, 1.54) is 11.1 Å². The predicted molar refractivity (Wildman–Crippen MR) is 85.3 cm³/mol. The van der Waals surface area contributed by atoms with Crippen molar-refractivity contribution in [3.63, 3.8) is 0 Å². The number of aliphatic hydroxyl groups is 1. The van der Waals surface area contributed by atoms with Crippen LogP contribution >= 0.6 is 0 Å². The topological polar surface area (TPSA) is 29.5 Å². The Labute approximate surface area is 126 Å². The van der Waals surface area contributed by atoms with Gasteiger partial charge in [0.2, 0.25) is 0 Å². The number of benzene rings is 2. The van der Waals surface area contributed by atoms with Crippen molar-refractivity contribution in [1.29, 1.82) is 0 Å². The van der Waals surface area contributed by atoms with Gasteiger partial charge in [0, 0.05) is 12.0 Å². The van der Waals surface area contributed by atoms with E-state index in [1.807, 2.05) is 31.2 Å². The van der Waals surface area contributed by atoms with Crippen molar-refractivity contribution in [2.75, 3.05) is 6.61 Å². The van der Waals surface area contributed by atoms with Crippen molar-refractivity contribution >= 4 is 0 Å². The number of aliphatic hydroxyl groups excluding tert-OH is 1. The predicted octanol–water partition coefficient (Wildman–Crippen LogP) is 3.62. The molecule has 0 fully saturated rings. The molecule has 1 N–H and O–H groups in total. The van der Waals surface area contributed by atoms with Crippen molar-refractivity contribution < 1.29 is 9.84 Å². The van der Waals surface area contributed by atoms with Crippen molar-refractivity contribution in [2.24, 2.45) is 0 Å². The zero-order valence-electron chi connectivity index (χ0n) is 12.5. The Balaban J connectivity index is 2.02. The largest absolute Gasteiger partial charge is 0.489 e. The fourth-order valence-electron chi connectivity index (χ4n) is 2.05. The molecular weight excluding hydrogens is 260 g/mol. The molecule has 0 aliphatic carbocycles. The van der Waals surface area contributed by atoms with Crippen LogP contribution in [0.25, 0.3) is 0 Å². The highest BCUT2D eigenvalue weighted by Gasteiger charge is 2.00. The molecule has 0 radical (unpaired) electrons. The summed E-state index contributed by atoms with van der Waals surface area (Å²) in [5.74, 6) is 6.84. The van der Waals surface area contributed by atoms with Gasteiger partial charge in [0.15, 0.2) is 0 Å². The van der Waals surface area contributed by atoms with Gasteiger partial charge in [-0.15, -0.1) is 0 Å². The Kier molecular flexibility index (Phi) is 5.43. The van der Waals surface area contributed by atoms with E-state index in [0.717, 1.165) is 16.9 Å². The first kappa shape index (κ1) is 15.2. The lowest BCUT2D eigenvalue weighted by Crippen LogP contribution is -1.96. The van der Waals surface area contributed by atoms with Gasteiger partial charge in [-0.1, -0.05) is 41.7 Å². The molecule has 0 aromatic heterocycles. The minimum absolute atomic E-state index is 0.101. The summed E-state index contributed by atoms with van der Waals surface area (Å²) in [6.07, 6.45) is 0.505. The molecule has 0 heterocycles. The third-order valence-corrected chi connectivity index (χ3v) is 3.15. The van der Waals surface area contributed by atoms with Crippen LogP contribution in [0.5, 0.6) is 5.75 Å². The van der Waals surface area contributed by atoms with Gasteiger partial charge in [-0.25, -0.2) is 0 Å². The average Bonchev–Trinajstić information content (AvgIpc) is 2.47. The molecule has 21 heavy (non-hydrogen) atoms. The van der Waals surface area contributed by atoms with Crippen molar-refractivity contribution in [3.05, 3.63) is 64.7 Å². The summed E-state index contributed by atoms with van der Waals surface area (Å²) in [6.45, 7) is 4.76. The molecule has 0 aliphatic rings. The zero-order chi connectivity index (χ0) is 15.1. The van der Waals surface area contributed by atoms with E-state index < -0.39 is 0 Å². The molecule has 2 aromatic carbocycles. The molecule has 0 amide bonds. The van der Waals surface area contributed by atoms with Gasteiger partial charge in [-0.3, -0.25) is 0 Å². The third kappa shape index (κ3) is 4.66. The van der Waals surface area contributed by atoms with Crippen molar-refractivity contribution in [3.8, 4) is 17.6 Å². The van der Waals surface area contributed by atoms with Crippen LogP contribution in [-0.2, 0) is 6.61 Å². The third-order valence-electron chi connectivity index (χ3n) is 3.15. The van der Waals surface area contributed by atoms with Crippen LogP contribution in [0.1, 0.15) is 28.7 Å². The van der Waals surface area contributed by atoms with Gasteiger partial charge < -0.3 is 9.84 Å². The summed E-state index contributed by atoms with van der Waals surface area (Å²) in [6, 6.07) is 14.2. The second-order valence-electron chi connectivity index (χ2n) is 5.03. The fraction of sp³-hybridized carbons (Fsp3) is 0.263. The summed E-state index contributed by atoms with van der Waals surface area (Å²) >= 11 is 0. The molecule has 0 saturated heterocycles. The van der Waals surface area contributed by atoms with E-state index in [0.29, 0.717) is 13.0 Å². The maximum Gasteiger partial charge on any atom is 0.120 e. The van der Waals surface area contributed by atoms with Crippen LogP contribution in [0.2, 0.25) is 0 Å². The fourth-order valence-corrected chi connectivity index (χ4v) is 2.05. The molecule has 2 rings (SSSR count). The smallest absolute Gasteiger partial charge is 0.120 e. The molecular formula is C19H20O2. The van der Waals surface area contributed by atoms with Crippen LogP contribution < -0.4 is 4.74 Å². The number of rotatable bonds is 4. The first-order chi connectivity index (χ1) is 10.2. The Morgan fingerprint density at radius 2 is 1.95 bits per heavy atom. The number of ether oxygens (including phenoxy) is 1. The van der Waals surface area contributed by atoms with E-state index in [4.69, 9.17) is 9.84 Å². The number of aryl methyl sites for hydroxylation is 2. The molecule has 0 unspecified atom stereocenters. The Bertz CT molecular complexity index is 663. The molecule has 0 atom stereocenters. The SMILES string of the molecule is Cc1cccc(COc2ccc(C#CCCO)c(C)c2)c1. The van der Waals surface area contributed by atoms with Gasteiger partial charge in [0.05, 0.1) is 6.61 Å². The molecule has 0 aliphatic heterocycles. The summed E-state index contributed by atoms with van der Waals surface area (Å²) in [5.41, 5.74) is 4.47. The first-order valence-electron chi connectivity index (χ1n) is 7.08.